The number of rotatable bonds is 7. The molecule has 1 fully saturated rings. The predicted octanol–water partition coefficient (Wildman–Crippen LogP) is 3.60. The smallest absolute Gasteiger partial charge is 0.240 e. The number of aryl methyl sites for hydroxylation is 2. The third-order valence-electron chi connectivity index (χ3n) is 5.23. The summed E-state index contributed by atoms with van der Waals surface area (Å²) in [4.78, 5) is 25.7. The summed E-state index contributed by atoms with van der Waals surface area (Å²) in [7, 11) is 1.60. The first-order valence-corrected chi connectivity index (χ1v) is 9.32. The summed E-state index contributed by atoms with van der Waals surface area (Å²) >= 11 is 0. The Labute approximate surface area is 160 Å². The minimum absolute atomic E-state index is 0.218. The highest BCUT2D eigenvalue weighted by atomic mass is 16.5. The van der Waals surface area contributed by atoms with E-state index >= 15 is 0 Å². The summed E-state index contributed by atoms with van der Waals surface area (Å²) in [5.74, 6) is 0.279. The van der Waals surface area contributed by atoms with Gasteiger partial charge >= 0.3 is 0 Å². The Morgan fingerprint density at radius 3 is 2.41 bits per heavy atom. The van der Waals surface area contributed by atoms with Crippen molar-refractivity contribution >= 4 is 17.5 Å². The molecule has 0 aliphatic heterocycles. The van der Waals surface area contributed by atoms with Gasteiger partial charge in [-0.3, -0.25) is 9.59 Å². The van der Waals surface area contributed by atoms with E-state index in [4.69, 9.17) is 4.74 Å². The van der Waals surface area contributed by atoms with Gasteiger partial charge in [0.15, 0.2) is 0 Å². The maximum Gasteiger partial charge on any atom is 0.240 e. The largest absolute Gasteiger partial charge is 0.496 e. The second-order valence-electron chi connectivity index (χ2n) is 6.99. The number of carbonyl (C=O) groups is 2. The van der Waals surface area contributed by atoms with Crippen LogP contribution >= 0.6 is 0 Å². The molecule has 0 spiro atoms. The number of nitrogens with one attached hydrogen (secondary N) is 2. The van der Waals surface area contributed by atoms with Gasteiger partial charge in [-0.1, -0.05) is 43.3 Å². The van der Waals surface area contributed by atoms with Crippen molar-refractivity contribution in [3.63, 3.8) is 0 Å². The second-order valence-corrected chi connectivity index (χ2v) is 6.99. The average molecular weight is 366 g/mol. The third-order valence-corrected chi connectivity index (χ3v) is 5.23. The lowest BCUT2D eigenvalue weighted by atomic mass is 10.0. The van der Waals surface area contributed by atoms with Crippen molar-refractivity contribution in [2.75, 3.05) is 12.4 Å². The Morgan fingerprint density at radius 2 is 1.74 bits per heavy atom. The van der Waals surface area contributed by atoms with Gasteiger partial charge in [-0.15, -0.1) is 0 Å². The fourth-order valence-corrected chi connectivity index (χ4v) is 3.31. The minimum atomic E-state index is -0.963. The van der Waals surface area contributed by atoms with Crippen molar-refractivity contribution in [2.24, 2.45) is 5.41 Å². The molecule has 0 unspecified atom stereocenters. The van der Waals surface area contributed by atoms with Gasteiger partial charge in [-0.05, 0) is 43.4 Å². The zero-order valence-electron chi connectivity index (χ0n) is 16.1. The summed E-state index contributed by atoms with van der Waals surface area (Å²) in [6, 6.07) is 13.5. The number of ether oxygens (including phenoxy) is 1. The number of carbonyl (C=O) groups excluding carboxylic acids is 2. The van der Waals surface area contributed by atoms with E-state index < -0.39 is 5.41 Å². The van der Waals surface area contributed by atoms with Crippen molar-refractivity contribution < 1.29 is 14.3 Å². The number of para-hydroxylation sites is 2. The molecular weight excluding hydrogens is 340 g/mol. The lowest BCUT2D eigenvalue weighted by Gasteiger charge is -2.19. The molecule has 3 rings (SSSR count). The lowest BCUT2D eigenvalue weighted by Crippen LogP contribution is -2.40. The zero-order valence-corrected chi connectivity index (χ0v) is 16.1. The van der Waals surface area contributed by atoms with Crippen molar-refractivity contribution in [1.29, 1.82) is 0 Å². The Hall–Kier alpha value is -2.82. The molecule has 2 aromatic carbocycles. The van der Waals surface area contributed by atoms with Crippen LogP contribution in [0.5, 0.6) is 5.75 Å². The monoisotopic (exact) mass is 366 g/mol. The molecule has 0 aromatic heterocycles. The Bertz CT molecular complexity index is 856. The highest BCUT2D eigenvalue weighted by molar-refractivity contribution is 6.13. The summed E-state index contributed by atoms with van der Waals surface area (Å²) < 4.78 is 5.31. The van der Waals surface area contributed by atoms with Gasteiger partial charge in [0.05, 0.1) is 7.11 Å². The van der Waals surface area contributed by atoms with Gasteiger partial charge in [-0.2, -0.15) is 0 Å². The van der Waals surface area contributed by atoms with Crippen LogP contribution in [0.2, 0.25) is 0 Å². The first-order chi connectivity index (χ1) is 13.0. The molecule has 27 heavy (non-hydrogen) atoms. The fraction of sp³-hybridized carbons (Fsp3) is 0.364. The van der Waals surface area contributed by atoms with Crippen LogP contribution in [0.25, 0.3) is 0 Å². The van der Waals surface area contributed by atoms with E-state index in [1.807, 2.05) is 49.4 Å². The van der Waals surface area contributed by atoms with E-state index in [0.717, 1.165) is 34.5 Å². The predicted molar refractivity (Wildman–Crippen MR) is 106 cm³/mol. The molecular formula is C22H26N2O3. The van der Waals surface area contributed by atoms with Crippen LogP contribution < -0.4 is 15.4 Å². The first kappa shape index (κ1) is 19.0. The molecule has 1 saturated carbocycles. The van der Waals surface area contributed by atoms with Crippen LogP contribution in [-0.4, -0.2) is 18.9 Å². The average Bonchev–Trinajstić information content (AvgIpc) is 3.50. The van der Waals surface area contributed by atoms with Crippen LogP contribution in [0, 0.1) is 12.3 Å². The quantitative estimate of drug-likeness (QED) is 0.736. The first-order valence-electron chi connectivity index (χ1n) is 9.32. The Balaban J connectivity index is 1.69. The Kier molecular flexibility index (Phi) is 5.49. The number of hydrogen-bond donors (Lipinski definition) is 2. The molecule has 2 N–H and O–H groups in total. The summed E-state index contributed by atoms with van der Waals surface area (Å²) in [5.41, 5.74) is 2.84. The topological polar surface area (TPSA) is 67.4 Å². The van der Waals surface area contributed by atoms with Crippen molar-refractivity contribution in [1.82, 2.24) is 5.32 Å². The molecule has 0 heterocycles. The number of anilines is 1. The maximum absolute atomic E-state index is 12.9. The summed E-state index contributed by atoms with van der Waals surface area (Å²) in [6.45, 7) is 4.36. The van der Waals surface area contributed by atoms with E-state index in [1.54, 1.807) is 7.11 Å². The van der Waals surface area contributed by atoms with Crippen LogP contribution in [0.15, 0.2) is 42.5 Å². The van der Waals surface area contributed by atoms with Gasteiger partial charge in [0.1, 0.15) is 11.2 Å². The third kappa shape index (κ3) is 3.82. The minimum Gasteiger partial charge on any atom is -0.496 e. The highest BCUT2D eigenvalue weighted by Gasteiger charge is 2.56. The van der Waals surface area contributed by atoms with Gasteiger partial charge < -0.3 is 15.4 Å². The SMILES string of the molecule is CCc1cccc(C)c1NC(=O)C1(C(=O)NCc2ccccc2OC)CC1. The molecule has 2 amide bonds. The standard InChI is InChI=1S/C22H26N2O3/c1-4-16-10-7-8-15(2)19(16)24-21(26)22(12-13-22)20(25)23-14-17-9-5-6-11-18(17)27-3/h5-11H,4,12-14H2,1-3H3,(H,23,25)(H,24,26). The van der Waals surface area contributed by atoms with Gasteiger partial charge in [-0.25, -0.2) is 0 Å². The highest BCUT2D eigenvalue weighted by Crippen LogP contribution is 2.47. The maximum atomic E-state index is 12.9. The molecule has 142 valence electrons. The van der Waals surface area contributed by atoms with Crippen molar-refractivity contribution in [3.05, 3.63) is 59.2 Å². The molecule has 1 aliphatic rings. The summed E-state index contributed by atoms with van der Waals surface area (Å²) in [5, 5.41) is 5.92. The number of hydrogen-bond acceptors (Lipinski definition) is 3. The van der Waals surface area contributed by atoms with E-state index in [9.17, 15) is 9.59 Å². The molecule has 1 aliphatic carbocycles. The van der Waals surface area contributed by atoms with Crippen LogP contribution in [0.1, 0.15) is 36.5 Å². The zero-order chi connectivity index (χ0) is 19.4. The molecule has 0 atom stereocenters. The second kappa shape index (κ2) is 7.82. The number of benzene rings is 2. The van der Waals surface area contributed by atoms with Crippen LogP contribution in [0.4, 0.5) is 5.69 Å². The lowest BCUT2D eigenvalue weighted by molar-refractivity contribution is -0.134. The molecule has 2 aromatic rings. The molecule has 5 heteroatoms. The van der Waals surface area contributed by atoms with Crippen molar-refractivity contribution in [2.45, 2.75) is 39.7 Å². The normalized spacial score (nSPS) is 14.3. The van der Waals surface area contributed by atoms with Gasteiger partial charge in [0, 0.05) is 17.8 Å². The van der Waals surface area contributed by atoms with E-state index in [2.05, 4.69) is 17.6 Å². The van der Waals surface area contributed by atoms with Gasteiger partial charge in [0.2, 0.25) is 11.8 Å². The summed E-state index contributed by atoms with van der Waals surface area (Å²) in [6.07, 6.45) is 1.97. The number of methoxy groups -OCH3 is 1. The van der Waals surface area contributed by atoms with E-state index in [-0.39, 0.29) is 11.8 Å². The van der Waals surface area contributed by atoms with Crippen LogP contribution in [-0.2, 0) is 22.6 Å². The van der Waals surface area contributed by atoms with Crippen molar-refractivity contribution in [3.8, 4) is 5.75 Å². The molecule has 5 nitrogen and oxygen atoms in total. The fourth-order valence-electron chi connectivity index (χ4n) is 3.31. The molecule has 0 saturated heterocycles. The van der Waals surface area contributed by atoms with Gasteiger partial charge in [0.25, 0.3) is 0 Å². The number of amides is 2. The van der Waals surface area contributed by atoms with E-state index in [1.165, 1.54) is 0 Å². The van der Waals surface area contributed by atoms with E-state index in [0.29, 0.717) is 19.4 Å². The van der Waals surface area contributed by atoms with Crippen LogP contribution in [0.3, 0.4) is 0 Å². The molecule has 0 bridgehead atoms. The molecule has 0 radical (unpaired) electrons. The Morgan fingerprint density at radius 1 is 1.04 bits per heavy atom.